The van der Waals surface area contributed by atoms with E-state index >= 15 is 0 Å². The summed E-state index contributed by atoms with van der Waals surface area (Å²) in [5.41, 5.74) is 2.39. The molecule has 5 rings (SSSR count). The van der Waals surface area contributed by atoms with Crippen LogP contribution < -0.4 is 0 Å². The van der Waals surface area contributed by atoms with E-state index in [1.807, 2.05) is 24.1 Å². The second-order valence-electron chi connectivity index (χ2n) is 7.08. The van der Waals surface area contributed by atoms with Crippen LogP contribution in [0, 0.1) is 0 Å². The Balaban J connectivity index is 1.36. The molecule has 2 aliphatic heterocycles. The largest absolute Gasteiger partial charge is 0.364 e. The van der Waals surface area contributed by atoms with E-state index in [1.165, 1.54) is 16.1 Å². The molecule has 0 aliphatic carbocycles. The van der Waals surface area contributed by atoms with Crippen molar-refractivity contribution in [2.75, 3.05) is 13.1 Å². The first-order valence-electron chi connectivity index (χ1n) is 8.63. The number of thiophene rings is 1. The molecule has 5 heterocycles. The average Bonchev–Trinajstić information content (AvgIpc) is 3.36. The van der Waals surface area contributed by atoms with Crippen molar-refractivity contribution in [3.63, 3.8) is 0 Å². The van der Waals surface area contributed by atoms with Gasteiger partial charge in [0, 0.05) is 38.4 Å². The number of aryl methyl sites for hydroxylation is 1. The van der Waals surface area contributed by atoms with Crippen molar-refractivity contribution < 1.29 is 4.74 Å². The highest BCUT2D eigenvalue weighted by Crippen LogP contribution is 2.36. The molecule has 1 fully saturated rings. The molecule has 0 saturated carbocycles. The lowest BCUT2D eigenvalue weighted by Crippen LogP contribution is -2.44. The molecule has 0 N–H and O–H groups in total. The molecule has 1 saturated heterocycles. The summed E-state index contributed by atoms with van der Waals surface area (Å²) in [6.07, 6.45) is 7.10. The summed E-state index contributed by atoms with van der Waals surface area (Å²) in [6, 6.07) is 4.26. The van der Waals surface area contributed by atoms with Gasteiger partial charge in [0.2, 0.25) is 0 Å². The quantitative estimate of drug-likeness (QED) is 0.724. The molecule has 2 aliphatic rings. The van der Waals surface area contributed by atoms with E-state index < -0.39 is 0 Å². The molecule has 3 aromatic rings. The molecule has 0 aromatic carbocycles. The lowest BCUT2D eigenvalue weighted by molar-refractivity contribution is -0.0821. The second-order valence-corrected chi connectivity index (χ2v) is 8.03. The molecule has 1 atom stereocenters. The predicted octanol–water partition coefficient (Wildman–Crippen LogP) is 2.52. The van der Waals surface area contributed by atoms with Gasteiger partial charge < -0.3 is 9.30 Å². The van der Waals surface area contributed by atoms with Crippen molar-refractivity contribution in [3.05, 3.63) is 47.5 Å². The third kappa shape index (κ3) is 2.72. The van der Waals surface area contributed by atoms with Gasteiger partial charge in [-0.05, 0) is 17.9 Å². The van der Waals surface area contributed by atoms with Gasteiger partial charge in [-0.2, -0.15) is 5.10 Å². The Morgan fingerprint density at radius 2 is 2.28 bits per heavy atom. The van der Waals surface area contributed by atoms with E-state index in [9.17, 15) is 0 Å². The summed E-state index contributed by atoms with van der Waals surface area (Å²) in [5.74, 6) is 1.04. The summed E-state index contributed by atoms with van der Waals surface area (Å²) in [5, 5.41) is 6.39. The number of likely N-dealkylation sites (tertiary alicyclic amines) is 1. The van der Waals surface area contributed by atoms with Gasteiger partial charge in [0.1, 0.15) is 18.0 Å². The summed E-state index contributed by atoms with van der Waals surface area (Å²) in [4.78, 5) is 8.33. The van der Waals surface area contributed by atoms with Crippen LogP contribution in [0.1, 0.15) is 17.8 Å². The fourth-order valence-corrected chi connectivity index (χ4v) is 4.74. The van der Waals surface area contributed by atoms with Crippen LogP contribution in [0.4, 0.5) is 0 Å². The van der Waals surface area contributed by atoms with Crippen molar-refractivity contribution in [1.82, 2.24) is 24.2 Å². The lowest BCUT2D eigenvalue weighted by Gasteiger charge is -2.35. The van der Waals surface area contributed by atoms with Crippen LogP contribution in [0.15, 0.2) is 36.1 Å². The lowest BCUT2D eigenvalue weighted by atomic mass is 10.0. The number of fused-ring (bicyclic) bond motifs is 1. The van der Waals surface area contributed by atoms with E-state index in [0.717, 1.165) is 38.4 Å². The third-order valence-electron chi connectivity index (χ3n) is 5.23. The first-order valence-corrected chi connectivity index (χ1v) is 9.51. The smallest absolute Gasteiger partial charge is 0.135 e. The highest BCUT2D eigenvalue weighted by molar-refractivity contribution is 7.13. The monoisotopic (exact) mass is 355 g/mol. The van der Waals surface area contributed by atoms with Gasteiger partial charge in [-0.15, -0.1) is 11.3 Å². The summed E-state index contributed by atoms with van der Waals surface area (Å²) < 4.78 is 10.5. The van der Waals surface area contributed by atoms with Crippen molar-refractivity contribution in [3.8, 4) is 10.6 Å². The van der Waals surface area contributed by atoms with Crippen LogP contribution in [0.2, 0.25) is 0 Å². The molecule has 130 valence electrons. The van der Waals surface area contributed by atoms with Gasteiger partial charge in [0.25, 0.3) is 0 Å². The molecule has 1 spiro atoms. The van der Waals surface area contributed by atoms with E-state index in [2.05, 4.69) is 43.3 Å². The SMILES string of the molecule is Cn1cc(CN2CC[C@@]3(C2)Cn2c(-c4cccs4)cnc2CO3)cn1. The minimum absolute atomic E-state index is 0.0953. The first kappa shape index (κ1) is 15.3. The summed E-state index contributed by atoms with van der Waals surface area (Å²) in [7, 11) is 1.96. The van der Waals surface area contributed by atoms with Crippen LogP contribution in [0.5, 0.6) is 0 Å². The van der Waals surface area contributed by atoms with Crippen molar-refractivity contribution in [2.24, 2.45) is 7.05 Å². The highest BCUT2D eigenvalue weighted by Gasteiger charge is 2.43. The zero-order valence-corrected chi connectivity index (χ0v) is 15.1. The molecule has 7 heteroatoms. The van der Waals surface area contributed by atoms with Crippen LogP contribution in [-0.2, 0) is 31.5 Å². The molecule has 6 nitrogen and oxygen atoms in total. The normalized spacial score (nSPS) is 23.4. The number of aromatic nitrogens is 4. The highest BCUT2D eigenvalue weighted by atomic mass is 32.1. The van der Waals surface area contributed by atoms with Gasteiger partial charge in [-0.1, -0.05) is 6.07 Å². The van der Waals surface area contributed by atoms with E-state index in [4.69, 9.17) is 4.74 Å². The van der Waals surface area contributed by atoms with Crippen LogP contribution in [-0.4, -0.2) is 42.9 Å². The van der Waals surface area contributed by atoms with E-state index in [-0.39, 0.29) is 5.60 Å². The molecule has 3 aromatic heterocycles. The number of rotatable bonds is 3. The fourth-order valence-electron chi connectivity index (χ4n) is 4.00. The van der Waals surface area contributed by atoms with Crippen molar-refractivity contribution in [1.29, 1.82) is 0 Å². The number of hydrogen-bond donors (Lipinski definition) is 0. The molecule has 25 heavy (non-hydrogen) atoms. The zero-order valence-electron chi connectivity index (χ0n) is 14.3. The summed E-state index contributed by atoms with van der Waals surface area (Å²) >= 11 is 1.77. The van der Waals surface area contributed by atoms with Crippen LogP contribution >= 0.6 is 11.3 Å². The zero-order chi connectivity index (χ0) is 16.9. The topological polar surface area (TPSA) is 48.1 Å². The Morgan fingerprint density at radius 3 is 3.08 bits per heavy atom. The Hall–Kier alpha value is -1.96. The van der Waals surface area contributed by atoms with Crippen LogP contribution in [0.3, 0.4) is 0 Å². The molecule has 0 amide bonds. The molecular formula is C18H21N5OS. The number of hydrogen-bond acceptors (Lipinski definition) is 5. The van der Waals surface area contributed by atoms with Crippen molar-refractivity contribution in [2.45, 2.75) is 31.7 Å². The second kappa shape index (κ2) is 5.79. The number of ether oxygens (including phenoxy) is 1. The minimum Gasteiger partial charge on any atom is -0.364 e. The average molecular weight is 355 g/mol. The van der Waals surface area contributed by atoms with Gasteiger partial charge in [0.05, 0.1) is 29.5 Å². The molecular weight excluding hydrogens is 334 g/mol. The van der Waals surface area contributed by atoms with Gasteiger partial charge in [0.15, 0.2) is 0 Å². The number of nitrogens with zero attached hydrogens (tertiary/aromatic N) is 5. The van der Waals surface area contributed by atoms with Gasteiger partial charge >= 0.3 is 0 Å². The minimum atomic E-state index is -0.0953. The standard InChI is InChI=1S/C18H21N5OS/c1-21-9-14(7-20-21)10-22-5-4-18(12-22)13-23-15(16-3-2-6-25-16)8-19-17(23)11-24-18/h2-3,6-9H,4-5,10-13H2,1H3/t18-/m1/s1. The first-order chi connectivity index (χ1) is 12.2. The maximum atomic E-state index is 6.31. The Labute approximate surface area is 150 Å². The van der Waals surface area contributed by atoms with Gasteiger partial charge in [-0.25, -0.2) is 4.98 Å². The maximum absolute atomic E-state index is 6.31. The molecule has 0 unspecified atom stereocenters. The third-order valence-corrected chi connectivity index (χ3v) is 6.12. The van der Waals surface area contributed by atoms with E-state index in [1.54, 1.807) is 11.3 Å². The molecule has 0 radical (unpaired) electrons. The Morgan fingerprint density at radius 1 is 1.32 bits per heavy atom. The molecule has 0 bridgehead atoms. The van der Waals surface area contributed by atoms with Crippen molar-refractivity contribution >= 4 is 11.3 Å². The van der Waals surface area contributed by atoms with Crippen LogP contribution in [0.25, 0.3) is 10.6 Å². The van der Waals surface area contributed by atoms with E-state index in [0.29, 0.717) is 6.61 Å². The summed E-state index contributed by atoms with van der Waals surface area (Å²) in [6.45, 7) is 4.45. The Kier molecular flexibility index (Phi) is 3.55. The Bertz CT molecular complexity index is 883. The van der Waals surface area contributed by atoms with Gasteiger partial charge in [-0.3, -0.25) is 9.58 Å². The predicted molar refractivity (Wildman–Crippen MR) is 96.2 cm³/mol. The fraction of sp³-hybridized carbons (Fsp3) is 0.444. The number of imidazole rings is 1. The maximum Gasteiger partial charge on any atom is 0.135 e.